The van der Waals surface area contributed by atoms with Crippen LogP contribution in [0.4, 0.5) is 4.39 Å². The number of halogens is 1. The molecular weight excluding hydrogens is 393 g/mol. The highest BCUT2D eigenvalue weighted by Crippen LogP contribution is 2.51. The molecule has 5 nitrogen and oxygen atoms in total. The Labute approximate surface area is 175 Å². The lowest BCUT2D eigenvalue weighted by Crippen LogP contribution is -2.34. The van der Waals surface area contributed by atoms with Crippen LogP contribution in [0.3, 0.4) is 0 Å². The maximum atomic E-state index is 13.0. The Morgan fingerprint density at radius 2 is 2.07 bits per heavy atom. The number of aliphatic carboxylic acids is 1. The van der Waals surface area contributed by atoms with Crippen molar-refractivity contribution >= 4 is 23.6 Å². The van der Waals surface area contributed by atoms with Gasteiger partial charge in [0.1, 0.15) is 5.82 Å². The quantitative estimate of drug-likeness (QED) is 0.424. The first-order valence-electron chi connectivity index (χ1n) is 10.1. The Morgan fingerprint density at radius 1 is 1.34 bits per heavy atom. The number of aliphatic hydroxyl groups is 1. The fourth-order valence-electron chi connectivity index (χ4n) is 3.75. The highest BCUT2D eigenvalue weighted by atomic mass is 32.2. The van der Waals surface area contributed by atoms with Gasteiger partial charge in [0.15, 0.2) is 0 Å². The third kappa shape index (κ3) is 6.57. The predicted molar refractivity (Wildman–Crippen MR) is 111 cm³/mol. The highest BCUT2D eigenvalue weighted by Gasteiger charge is 2.44. The van der Waals surface area contributed by atoms with Crippen LogP contribution in [0, 0.1) is 11.2 Å². The van der Waals surface area contributed by atoms with Gasteiger partial charge in [-0.05, 0) is 48.1 Å². The normalized spacial score (nSPS) is 21.7. The van der Waals surface area contributed by atoms with E-state index in [0.29, 0.717) is 19.4 Å². The van der Waals surface area contributed by atoms with Gasteiger partial charge < -0.3 is 15.1 Å². The van der Waals surface area contributed by atoms with E-state index in [1.54, 1.807) is 30.0 Å². The molecule has 2 atom stereocenters. The van der Waals surface area contributed by atoms with Gasteiger partial charge in [-0.2, -0.15) is 11.8 Å². The standard InChI is InChI=1S/C22H28FNO4S/c23-17-3-1-16(2-4-17)13-19(25)7-5-18-6-8-20(26)24(18)11-12-29-15-22(9-10-22)14-21(27)28/h1-5,7,18-19,25H,6,8-15H2,(H,27,28)/t18-,19+/m0/s1. The largest absolute Gasteiger partial charge is 0.481 e. The smallest absolute Gasteiger partial charge is 0.303 e. The lowest BCUT2D eigenvalue weighted by atomic mass is 10.1. The van der Waals surface area contributed by atoms with Crippen LogP contribution in [0.2, 0.25) is 0 Å². The molecule has 0 spiro atoms. The van der Waals surface area contributed by atoms with Crippen molar-refractivity contribution in [1.29, 1.82) is 0 Å². The van der Waals surface area contributed by atoms with Crippen molar-refractivity contribution in [1.82, 2.24) is 4.90 Å². The van der Waals surface area contributed by atoms with E-state index >= 15 is 0 Å². The summed E-state index contributed by atoms with van der Waals surface area (Å²) in [6.07, 6.45) is 6.79. The van der Waals surface area contributed by atoms with Crippen molar-refractivity contribution in [2.45, 2.75) is 50.7 Å². The van der Waals surface area contributed by atoms with Crippen LogP contribution < -0.4 is 0 Å². The van der Waals surface area contributed by atoms with Gasteiger partial charge in [-0.3, -0.25) is 9.59 Å². The van der Waals surface area contributed by atoms with Gasteiger partial charge in [0.25, 0.3) is 0 Å². The molecule has 3 rings (SSSR count). The number of carboxylic acids is 1. The molecule has 2 fully saturated rings. The lowest BCUT2D eigenvalue weighted by molar-refractivity contribution is -0.138. The molecule has 0 bridgehead atoms. The monoisotopic (exact) mass is 421 g/mol. The van der Waals surface area contributed by atoms with Crippen molar-refractivity contribution in [3.63, 3.8) is 0 Å². The van der Waals surface area contributed by atoms with Crippen molar-refractivity contribution in [2.24, 2.45) is 5.41 Å². The number of rotatable bonds is 11. The van der Waals surface area contributed by atoms with E-state index in [1.165, 1.54) is 12.1 Å². The molecule has 0 aromatic heterocycles. The molecule has 158 valence electrons. The first-order chi connectivity index (χ1) is 13.9. The molecule has 29 heavy (non-hydrogen) atoms. The molecule has 2 N–H and O–H groups in total. The minimum atomic E-state index is -0.734. The molecule has 1 heterocycles. The van der Waals surface area contributed by atoms with Gasteiger partial charge in [0, 0.05) is 25.1 Å². The third-order valence-electron chi connectivity index (χ3n) is 5.66. The second-order valence-electron chi connectivity index (χ2n) is 8.10. The van der Waals surface area contributed by atoms with Crippen molar-refractivity contribution in [3.05, 3.63) is 47.8 Å². The number of aliphatic hydroxyl groups excluding tert-OH is 1. The van der Waals surface area contributed by atoms with E-state index in [-0.39, 0.29) is 29.6 Å². The zero-order chi connectivity index (χ0) is 20.9. The number of carbonyl (C=O) groups excluding carboxylic acids is 1. The number of thioether (sulfide) groups is 1. The second-order valence-corrected chi connectivity index (χ2v) is 9.20. The molecule has 1 saturated heterocycles. The average Bonchev–Trinajstić information content (AvgIpc) is 3.33. The third-order valence-corrected chi connectivity index (χ3v) is 6.94. The molecule has 2 aliphatic rings. The maximum absolute atomic E-state index is 13.0. The van der Waals surface area contributed by atoms with Gasteiger partial charge >= 0.3 is 5.97 Å². The number of hydrogen-bond acceptors (Lipinski definition) is 4. The summed E-state index contributed by atoms with van der Waals surface area (Å²) in [5.74, 6) is 0.711. The number of likely N-dealkylation sites (tertiary alicyclic amines) is 1. The zero-order valence-corrected chi connectivity index (χ0v) is 17.2. The Hall–Kier alpha value is -1.86. The summed E-state index contributed by atoms with van der Waals surface area (Å²) < 4.78 is 13.0. The number of amides is 1. The minimum Gasteiger partial charge on any atom is -0.481 e. The topological polar surface area (TPSA) is 77.8 Å². The van der Waals surface area contributed by atoms with Crippen LogP contribution in [0.15, 0.2) is 36.4 Å². The number of carbonyl (C=O) groups is 2. The number of hydrogen-bond donors (Lipinski definition) is 2. The molecule has 0 radical (unpaired) electrons. The van der Waals surface area contributed by atoms with Crippen molar-refractivity contribution in [3.8, 4) is 0 Å². The van der Waals surface area contributed by atoms with Crippen LogP contribution in [0.5, 0.6) is 0 Å². The highest BCUT2D eigenvalue weighted by molar-refractivity contribution is 7.99. The Kier molecular flexibility index (Phi) is 7.35. The zero-order valence-electron chi connectivity index (χ0n) is 16.4. The summed E-state index contributed by atoms with van der Waals surface area (Å²) in [5, 5.41) is 19.2. The van der Waals surface area contributed by atoms with E-state index in [2.05, 4.69) is 0 Å². The Morgan fingerprint density at radius 3 is 2.72 bits per heavy atom. The molecule has 1 aliphatic heterocycles. The van der Waals surface area contributed by atoms with Crippen molar-refractivity contribution in [2.75, 3.05) is 18.1 Å². The fraction of sp³-hybridized carbons (Fsp3) is 0.545. The minimum absolute atomic E-state index is 0.0140. The molecule has 1 amide bonds. The predicted octanol–water partition coefficient (Wildman–Crippen LogP) is 3.26. The molecule has 7 heteroatoms. The molecule has 1 aliphatic carbocycles. The summed E-state index contributed by atoms with van der Waals surface area (Å²) in [6, 6.07) is 6.06. The molecular formula is C22H28FNO4S. The van der Waals surface area contributed by atoms with Crippen LogP contribution in [-0.4, -0.2) is 57.2 Å². The number of nitrogens with zero attached hydrogens (tertiary/aromatic N) is 1. The number of benzene rings is 1. The Bertz CT molecular complexity index is 748. The maximum Gasteiger partial charge on any atom is 0.303 e. The van der Waals surface area contributed by atoms with Gasteiger partial charge in [-0.25, -0.2) is 4.39 Å². The van der Waals surface area contributed by atoms with Gasteiger partial charge in [0.2, 0.25) is 5.91 Å². The molecule has 1 aromatic carbocycles. The first kappa shape index (κ1) is 21.8. The fourth-order valence-corrected chi connectivity index (χ4v) is 5.05. The summed E-state index contributed by atoms with van der Waals surface area (Å²) >= 11 is 1.72. The lowest BCUT2D eigenvalue weighted by Gasteiger charge is -2.23. The SMILES string of the molecule is O=C(O)CC1(CSCCN2C(=O)CC[C@@H]2C=C[C@@H](O)Cc2ccc(F)cc2)CC1. The molecule has 1 saturated carbocycles. The van der Waals surface area contributed by atoms with Crippen LogP contribution in [-0.2, 0) is 16.0 Å². The van der Waals surface area contributed by atoms with E-state index < -0.39 is 12.1 Å². The summed E-state index contributed by atoms with van der Waals surface area (Å²) in [6.45, 7) is 0.635. The average molecular weight is 422 g/mol. The van der Waals surface area contributed by atoms with E-state index in [9.17, 15) is 19.1 Å². The summed E-state index contributed by atoms with van der Waals surface area (Å²) in [7, 11) is 0. The van der Waals surface area contributed by atoms with Gasteiger partial charge in [-0.1, -0.05) is 24.3 Å². The van der Waals surface area contributed by atoms with Crippen molar-refractivity contribution < 1.29 is 24.2 Å². The van der Waals surface area contributed by atoms with E-state index in [1.807, 2.05) is 11.0 Å². The van der Waals surface area contributed by atoms with E-state index in [4.69, 9.17) is 5.11 Å². The van der Waals surface area contributed by atoms with Gasteiger partial charge in [0.05, 0.1) is 18.6 Å². The van der Waals surface area contributed by atoms with Crippen LogP contribution >= 0.6 is 11.8 Å². The number of carboxylic acid groups (broad SMARTS) is 1. The summed E-state index contributed by atoms with van der Waals surface area (Å²) in [4.78, 5) is 25.0. The van der Waals surface area contributed by atoms with Crippen LogP contribution in [0.25, 0.3) is 0 Å². The molecule has 1 aromatic rings. The summed E-state index contributed by atoms with van der Waals surface area (Å²) in [5.41, 5.74) is 0.824. The molecule has 0 unspecified atom stereocenters. The van der Waals surface area contributed by atoms with Crippen LogP contribution in [0.1, 0.15) is 37.7 Å². The second kappa shape index (κ2) is 9.76. The first-order valence-corrected chi connectivity index (χ1v) is 11.2. The van der Waals surface area contributed by atoms with E-state index in [0.717, 1.165) is 36.3 Å². The Balaban J connectivity index is 1.43. The van der Waals surface area contributed by atoms with Gasteiger partial charge in [-0.15, -0.1) is 0 Å².